The fraction of sp³-hybridized carbons (Fsp3) is 0.0323. The minimum atomic E-state index is 0.934. The summed E-state index contributed by atoms with van der Waals surface area (Å²) in [5, 5.41) is 9.73. The fourth-order valence-electron chi connectivity index (χ4n) is 10.5. The van der Waals surface area contributed by atoms with Gasteiger partial charge in [-0.1, -0.05) is 182 Å². The van der Waals surface area contributed by atoms with Crippen molar-refractivity contribution in [1.82, 2.24) is 4.57 Å². The second-order valence-corrected chi connectivity index (χ2v) is 17.1. The topological polar surface area (TPSA) is 21.3 Å². The van der Waals surface area contributed by atoms with Crippen molar-refractivity contribution in [2.75, 3.05) is 4.90 Å². The molecule has 0 saturated heterocycles. The third-order valence-electron chi connectivity index (χ3n) is 13.5. The molecule has 0 unspecified atom stereocenters. The first-order chi connectivity index (χ1) is 32.3. The number of rotatable bonds is 7. The monoisotopic (exact) mass is 830 g/mol. The molecule has 0 radical (unpaired) electrons. The number of benzene rings is 10. The Labute approximate surface area is 377 Å². The number of allylic oxidation sites excluding steroid dienone is 4. The van der Waals surface area contributed by atoms with Crippen LogP contribution in [0, 0.1) is 0 Å². The van der Waals surface area contributed by atoms with Gasteiger partial charge in [-0.2, -0.15) is 0 Å². The van der Waals surface area contributed by atoms with Crippen molar-refractivity contribution in [3.63, 3.8) is 0 Å². The lowest BCUT2D eigenvalue weighted by molar-refractivity contribution is 0.667. The molecule has 3 nitrogen and oxygen atoms in total. The Kier molecular flexibility index (Phi) is 8.67. The highest BCUT2D eigenvalue weighted by Gasteiger charge is 2.24. The highest BCUT2D eigenvalue weighted by Crippen LogP contribution is 2.47. The zero-order valence-electron chi connectivity index (χ0n) is 35.7. The Morgan fingerprint density at radius 1 is 0.385 bits per heavy atom. The highest BCUT2D eigenvalue weighted by molar-refractivity contribution is 6.15. The second-order valence-electron chi connectivity index (χ2n) is 17.1. The zero-order valence-corrected chi connectivity index (χ0v) is 35.7. The van der Waals surface area contributed by atoms with Gasteiger partial charge < -0.3 is 13.9 Å². The van der Waals surface area contributed by atoms with E-state index in [2.05, 4.69) is 234 Å². The van der Waals surface area contributed by atoms with Crippen molar-refractivity contribution in [1.29, 1.82) is 0 Å². The van der Waals surface area contributed by atoms with Gasteiger partial charge in [-0.05, 0) is 94.2 Å². The first kappa shape index (κ1) is 37.2. The van der Waals surface area contributed by atoms with Crippen LogP contribution in [-0.2, 0) is 0 Å². The maximum absolute atomic E-state index is 6.44. The molecule has 1 aliphatic carbocycles. The molecular formula is C62H42N2O. The van der Waals surface area contributed by atoms with E-state index in [4.69, 9.17) is 4.42 Å². The van der Waals surface area contributed by atoms with Crippen LogP contribution >= 0.6 is 0 Å². The van der Waals surface area contributed by atoms with Gasteiger partial charge in [-0.15, -0.1) is 0 Å². The summed E-state index contributed by atoms with van der Waals surface area (Å²) in [4.78, 5) is 2.48. The molecule has 306 valence electrons. The van der Waals surface area contributed by atoms with Gasteiger partial charge in [-0.25, -0.2) is 0 Å². The number of fused-ring (bicyclic) bond motifs is 9. The van der Waals surface area contributed by atoms with Gasteiger partial charge in [0.15, 0.2) is 0 Å². The molecule has 0 N–H and O–H groups in total. The number of hydrogen-bond donors (Lipinski definition) is 0. The predicted molar refractivity (Wildman–Crippen MR) is 275 cm³/mol. The summed E-state index contributed by atoms with van der Waals surface area (Å²) >= 11 is 0. The molecule has 65 heavy (non-hydrogen) atoms. The predicted octanol–water partition coefficient (Wildman–Crippen LogP) is 17.4. The van der Waals surface area contributed by atoms with E-state index in [0.717, 1.165) is 63.3 Å². The number of anilines is 3. The van der Waals surface area contributed by atoms with Gasteiger partial charge in [0.1, 0.15) is 11.2 Å². The summed E-state index contributed by atoms with van der Waals surface area (Å²) in [5.41, 5.74) is 16.1. The van der Waals surface area contributed by atoms with Gasteiger partial charge in [0.25, 0.3) is 0 Å². The normalized spacial score (nSPS) is 13.0. The molecule has 0 fully saturated rings. The van der Waals surface area contributed by atoms with Crippen LogP contribution in [0.2, 0.25) is 0 Å². The maximum atomic E-state index is 6.44. The Morgan fingerprint density at radius 3 is 1.72 bits per heavy atom. The highest BCUT2D eigenvalue weighted by atomic mass is 16.3. The van der Waals surface area contributed by atoms with Crippen LogP contribution in [0.15, 0.2) is 235 Å². The molecule has 0 aliphatic heterocycles. The van der Waals surface area contributed by atoms with Gasteiger partial charge >= 0.3 is 0 Å². The third kappa shape index (κ3) is 6.04. The molecule has 0 saturated carbocycles. The average molecular weight is 831 g/mol. The smallest absolute Gasteiger partial charge is 0.142 e. The Morgan fingerprint density at radius 2 is 0.954 bits per heavy atom. The molecule has 3 heteroatoms. The van der Waals surface area contributed by atoms with E-state index in [9.17, 15) is 0 Å². The van der Waals surface area contributed by atoms with E-state index in [0.29, 0.717) is 0 Å². The SMILES string of the molecule is C1=C(c2ccc(N(c3ccccc3-c3ccccc3-n3c4ccccc4c4ccccc43)c3cc4ccccc4c4ccccc34)cc2)CCC(c2cccc3c2oc2ccccc23)=C1. The van der Waals surface area contributed by atoms with Crippen LogP contribution in [-0.4, -0.2) is 4.57 Å². The van der Waals surface area contributed by atoms with E-state index in [-0.39, 0.29) is 0 Å². The first-order valence-corrected chi connectivity index (χ1v) is 22.6. The number of para-hydroxylation sites is 6. The van der Waals surface area contributed by atoms with Gasteiger partial charge in [0.2, 0.25) is 0 Å². The Balaban J connectivity index is 0.965. The molecule has 13 rings (SSSR count). The van der Waals surface area contributed by atoms with Crippen LogP contribution < -0.4 is 4.90 Å². The van der Waals surface area contributed by atoms with Crippen molar-refractivity contribution in [3.05, 3.63) is 242 Å². The second kappa shape index (κ2) is 15.1. The van der Waals surface area contributed by atoms with Gasteiger partial charge in [0.05, 0.1) is 28.1 Å². The molecule has 0 amide bonds. The molecule has 12 aromatic rings. The molecule has 0 spiro atoms. The maximum Gasteiger partial charge on any atom is 0.142 e. The minimum absolute atomic E-state index is 0.934. The fourth-order valence-corrected chi connectivity index (χ4v) is 10.5. The van der Waals surface area contributed by atoms with Gasteiger partial charge in [-0.3, -0.25) is 0 Å². The number of hydrogen-bond acceptors (Lipinski definition) is 2. The summed E-state index contributed by atoms with van der Waals surface area (Å²) in [5.74, 6) is 0. The molecule has 0 atom stereocenters. The lowest BCUT2D eigenvalue weighted by atomic mass is 9.89. The number of furan rings is 1. The number of nitrogens with zero attached hydrogens (tertiary/aromatic N) is 2. The van der Waals surface area contributed by atoms with Crippen LogP contribution in [0.3, 0.4) is 0 Å². The van der Waals surface area contributed by atoms with Crippen molar-refractivity contribution < 1.29 is 4.42 Å². The van der Waals surface area contributed by atoms with Crippen molar-refractivity contribution in [2.45, 2.75) is 12.8 Å². The third-order valence-corrected chi connectivity index (χ3v) is 13.5. The van der Waals surface area contributed by atoms with Crippen molar-refractivity contribution >= 4 is 93.5 Å². The minimum Gasteiger partial charge on any atom is -0.455 e. The summed E-state index contributed by atoms with van der Waals surface area (Å²) in [6.45, 7) is 0. The summed E-state index contributed by atoms with van der Waals surface area (Å²) in [6, 6.07) is 79.4. The van der Waals surface area contributed by atoms with Crippen molar-refractivity contribution in [3.8, 4) is 16.8 Å². The average Bonchev–Trinajstić information content (AvgIpc) is 3.93. The summed E-state index contributed by atoms with van der Waals surface area (Å²) in [6.07, 6.45) is 6.50. The van der Waals surface area contributed by atoms with E-state index < -0.39 is 0 Å². The van der Waals surface area contributed by atoms with Crippen LogP contribution in [0.4, 0.5) is 17.1 Å². The molecule has 2 heterocycles. The molecule has 2 aromatic heterocycles. The van der Waals surface area contributed by atoms with Crippen molar-refractivity contribution in [2.24, 2.45) is 0 Å². The molecule has 0 bridgehead atoms. The standard InChI is InChI=1S/C62H42N2O/c1-2-17-46-44(16-1)40-60(49-19-4-3-18-48(46)49)63(45-38-36-42(37-39-45)41-32-34-43(35-33-41)47-25-15-26-55-54-24-9-14-31-61(54)65-62(47)55)56-27-10-5-20-50(56)51-21-6-11-28-57(51)64-58-29-12-7-22-52(58)53-23-8-13-30-59(53)64/h1-32,34,36-40H,33,35H2. The zero-order chi connectivity index (χ0) is 42.8. The lowest BCUT2D eigenvalue weighted by Gasteiger charge is -2.30. The number of aromatic nitrogens is 1. The molecule has 10 aromatic carbocycles. The Hall–Kier alpha value is -8.40. The van der Waals surface area contributed by atoms with E-state index in [1.165, 1.54) is 71.0 Å². The molecular weight excluding hydrogens is 789 g/mol. The summed E-state index contributed by atoms with van der Waals surface area (Å²) in [7, 11) is 0. The lowest BCUT2D eigenvalue weighted by Crippen LogP contribution is -2.12. The van der Waals surface area contributed by atoms with E-state index >= 15 is 0 Å². The summed E-state index contributed by atoms with van der Waals surface area (Å²) < 4.78 is 8.88. The largest absolute Gasteiger partial charge is 0.455 e. The van der Waals surface area contributed by atoms with E-state index in [1.807, 2.05) is 6.07 Å². The quantitative estimate of drug-likeness (QED) is 0.149. The first-order valence-electron chi connectivity index (χ1n) is 22.6. The Bertz CT molecular complexity index is 3850. The van der Waals surface area contributed by atoms with Gasteiger partial charge in [0, 0.05) is 49.3 Å². The van der Waals surface area contributed by atoms with Crippen LogP contribution in [0.25, 0.3) is 93.2 Å². The van der Waals surface area contributed by atoms with E-state index in [1.54, 1.807) is 0 Å². The van der Waals surface area contributed by atoms with Crippen LogP contribution in [0.1, 0.15) is 24.0 Å². The molecule has 1 aliphatic rings. The van der Waals surface area contributed by atoms with Crippen LogP contribution in [0.5, 0.6) is 0 Å².